The van der Waals surface area contributed by atoms with Gasteiger partial charge in [-0.05, 0) is 24.6 Å². The first-order chi connectivity index (χ1) is 14.1. The summed E-state index contributed by atoms with van der Waals surface area (Å²) in [6.45, 7) is 1.45. The average Bonchev–Trinajstić information content (AvgIpc) is 3.19. The molecule has 156 valence electrons. The van der Waals surface area contributed by atoms with Gasteiger partial charge < -0.3 is 15.0 Å². The predicted octanol–water partition coefficient (Wildman–Crippen LogP) is 2.70. The largest absolute Gasteiger partial charge is 0.471 e. The molecule has 3 aromatic rings. The summed E-state index contributed by atoms with van der Waals surface area (Å²) in [7, 11) is 0. The Labute approximate surface area is 166 Å². The Kier molecular flexibility index (Phi) is 5.62. The zero-order valence-electron chi connectivity index (χ0n) is 15.2. The van der Waals surface area contributed by atoms with Crippen LogP contribution in [-0.4, -0.2) is 32.1 Å². The number of primary amides is 1. The monoisotopic (exact) mass is 422 g/mol. The Morgan fingerprint density at radius 2 is 2.00 bits per heavy atom. The van der Waals surface area contributed by atoms with E-state index in [4.69, 9.17) is 10.5 Å². The minimum absolute atomic E-state index is 0.0760. The summed E-state index contributed by atoms with van der Waals surface area (Å²) in [5.41, 5.74) is 6.28. The van der Waals surface area contributed by atoms with Crippen LogP contribution in [0.1, 0.15) is 27.5 Å². The van der Waals surface area contributed by atoms with Crippen LogP contribution in [-0.2, 0) is 17.5 Å². The summed E-state index contributed by atoms with van der Waals surface area (Å²) in [4.78, 5) is 34.0. The van der Waals surface area contributed by atoms with Crippen molar-refractivity contribution in [1.29, 1.82) is 0 Å². The Bertz CT molecular complexity index is 1080. The van der Waals surface area contributed by atoms with Crippen molar-refractivity contribution >= 4 is 17.8 Å². The summed E-state index contributed by atoms with van der Waals surface area (Å²) in [6.07, 6.45) is -3.06. The molecular weight excluding hydrogens is 409 g/mol. The van der Waals surface area contributed by atoms with E-state index in [0.717, 1.165) is 0 Å². The van der Waals surface area contributed by atoms with E-state index in [1.54, 1.807) is 6.92 Å². The number of ether oxygens (including phenoxy) is 1. The molecule has 0 saturated heterocycles. The van der Waals surface area contributed by atoms with E-state index in [2.05, 4.69) is 29.9 Å². The fourth-order valence-electron chi connectivity index (χ4n) is 2.22. The van der Waals surface area contributed by atoms with Crippen molar-refractivity contribution in [3.63, 3.8) is 0 Å². The highest BCUT2D eigenvalue weighted by molar-refractivity contribution is 5.90. The van der Waals surface area contributed by atoms with E-state index < -0.39 is 24.1 Å². The number of aryl methyl sites for hydroxylation is 1. The molecule has 0 fully saturated rings. The van der Waals surface area contributed by atoms with Crippen molar-refractivity contribution in [3.8, 4) is 11.4 Å². The van der Waals surface area contributed by atoms with Gasteiger partial charge in [0.05, 0.1) is 0 Å². The molecule has 13 heteroatoms. The molecular formula is C17H13F3N6O4. The van der Waals surface area contributed by atoms with Crippen LogP contribution < -0.4 is 11.1 Å². The standard InChI is InChI=1S/C17H13F3N6O4/c1-8-4-10(14-24-15(30-26-14)17(18,19)20)6-23-13(8)25-16(28)29-7-9-2-3-11(12(21)27)22-5-9/h2-6H,7H2,1H3,(H2,21,27)(H,23,25,28). The van der Waals surface area contributed by atoms with Crippen molar-refractivity contribution in [2.24, 2.45) is 5.73 Å². The van der Waals surface area contributed by atoms with E-state index in [9.17, 15) is 22.8 Å². The lowest BCUT2D eigenvalue weighted by Gasteiger charge is -2.09. The minimum atomic E-state index is -4.76. The normalized spacial score (nSPS) is 11.2. The molecule has 30 heavy (non-hydrogen) atoms. The van der Waals surface area contributed by atoms with Gasteiger partial charge in [-0.1, -0.05) is 11.2 Å². The second-order valence-electron chi connectivity index (χ2n) is 5.93. The number of rotatable bonds is 5. The van der Waals surface area contributed by atoms with Crippen LogP contribution in [0.4, 0.5) is 23.8 Å². The van der Waals surface area contributed by atoms with Crippen molar-refractivity contribution in [2.75, 3.05) is 5.32 Å². The van der Waals surface area contributed by atoms with Crippen molar-refractivity contribution in [3.05, 3.63) is 53.3 Å². The summed E-state index contributed by atoms with van der Waals surface area (Å²) < 4.78 is 46.9. The van der Waals surface area contributed by atoms with Gasteiger partial charge in [0.25, 0.3) is 5.91 Å². The summed E-state index contributed by atoms with van der Waals surface area (Å²) in [6, 6.07) is 4.35. The number of aromatic nitrogens is 4. The number of nitrogens with one attached hydrogen (secondary N) is 1. The third-order valence-electron chi connectivity index (χ3n) is 3.67. The Morgan fingerprint density at radius 1 is 1.23 bits per heavy atom. The highest BCUT2D eigenvalue weighted by Gasteiger charge is 2.38. The first-order valence-corrected chi connectivity index (χ1v) is 8.20. The molecule has 3 N–H and O–H groups in total. The van der Waals surface area contributed by atoms with Crippen molar-refractivity contribution in [2.45, 2.75) is 19.7 Å². The zero-order chi connectivity index (χ0) is 21.9. The Hall–Kier alpha value is -4.03. The number of halogens is 3. The maximum Gasteiger partial charge on any atom is 0.471 e. The fourth-order valence-corrected chi connectivity index (χ4v) is 2.22. The molecule has 3 heterocycles. The third kappa shape index (κ3) is 4.87. The molecule has 3 rings (SSSR count). The quantitative estimate of drug-likeness (QED) is 0.638. The second-order valence-corrected chi connectivity index (χ2v) is 5.93. The maximum atomic E-state index is 12.6. The number of carbonyl (C=O) groups is 2. The van der Waals surface area contributed by atoms with Gasteiger partial charge in [-0.25, -0.2) is 9.78 Å². The van der Waals surface area contributed by atoms with Crippen LogP contribution in [0.2, 0.25) is 0 Å². The molecule has 0 atom stereocenters. The van der Waals surface area contributed by atoms with Gasteiger partial charge in [-0.2, -0.15) is 18.2 Å². The predicted molar refractivity (Wildman–Crippen MR) is 93.8 cm³/mol. The SMILES string of the molecule is Cc1cc(-c2noc(C(F)(F)F)n2)cnc1NC(=O)OCc1ccc(C(N)=O)nc1. The van der Waals surface area contributed by atoms with Crippen molar-refractivity contribution < 1.29 is 32.0 Å². The topological polar surface area (TPSA) is 146 Å². The lowest BCUT2D eigenvalue weighted by Crippen LogP contribution is -2.16. The van der Waals surface area contributed by atoms with Crippen LogP contribution in [0.5, 0.6) is 0 Å². The number of anilines is 1. The van der Waals surface area contributed by atoms with E-state index in [0.29, 0.717) is 11.1 Å². The summed E-state index contributed by atoms with van der Waals surface area (Å²) in [5.74, 6) is -2.32. The van der Waals surface area contributed by atoms with Crippen LogP contribution >= 0.6 is 0 Å². The first kappa shape index (κ1) is 20.7. The molecule has 0 bridgehead atoms. The average molecular weight is 422 g/mol. The molecule has 0 radical (unpaired) electrons. The summed E-state index contributed by atoms with van der Waals surface area (Å²) >= 11 is 0. The lowest BCUT2D eigenvalue weighted by molar-refractivity contribution is -0.159. The second kappa shape index (κ2) is 8.14. The van der Waals surface area contributed by atoms with Gasteiger partial charge >= 0.3 is 18.2 Å². The number of hydrogen-bond acceptors (Lipinski definition) is 8. The number of pyridine rings is 2. The molecule has 2 amide bonds. The highest BCUT2D eigenvalue weighted by Crippen LogP contribution is 2.29. The number of nitrogens with two attached hydrogens (primary N) is 1. The van der Waals surface area contributed by atoms with E-state index >= 15 is 0 Å². The molecule has 0 unspecified atom stereocenters. The van der Waals surface area contributed by atoms with Gasteiger partial charge in [0.15, 0.2) is 0 Å². The molecule has 0 aliphatic carbocycles. The number of nitrogens with zero attached hydrogens (tertiary/aromatic N) is 4. The molecule has 0 aliphatic heterocycles. The van der Waals surface area contributed by atoms with Gasteiger partial charge in [0, 0.05) is 23.5 Å². The van der Waals surface area contributed by atoms with Gasteiger partial charge in [-0.15, -0.1) is 0 Å². The third-order valence-corrected chi connectivity index (χ3v) is 3.67. The summed E-state index contributed by atoms with van der Waals surface area (Å²) in [5, 5.41) is 5.68. The molecule has 0 saturated carbocycles. The minimum Gasteiger partial charge on any atom is -0.444 e. The molecule has 0 aromatic carbocycles. The zero-order valence-corrected chi connectivity index (χ0v) is 15.2. The van der Waals surface area contributed by atoms with Crippen LogP contribution in [0.3, 0.4) is 0 Å². The van der Waals surface area contributed by atoms with E-state index in [-0.39, 0.29) is 29.5 Å². The molecule has 3 aromatic heterocycles. The van der Waals surface area contributed by atoms with Gasteiger partial charge in [-0.3, -0.25) is 15.1 Å². The number of carbonyl (C=O) groups excluding carboxylic acids is 2. The molecule has 0 aliphatic rings. The number of alkyl halides is 3. The Balaban J connectivity index is 1.62. The van der Waals surface area contributed by atoms with Gasteiger partial charge in [0.1, 0.15) is 18.1 Å². The Morgan fingerprint density at radius 3 is 2.57 bits per heavy atom. The first-order valence-electron chi connectivity index (χ1n) is 8.20. The number of amides is 2. The van der Waals surface area contributed by atoms with Crippen LogP contribution in [0, 0.1) is 6.92 Å². The van der Waals surface area contributed by atoms with Gasteiger partial charge in [0.2, 0.25) is 5.82 Å². The van der Waals surface area contributed by atoms with Crippen LogP contribution in [0.25, 0.3) is 11.4 Å². The van der Waals surface area contributed by atoms with E-state index in [1.807, 2.05) is 0 Å². The van der Waals surface area contributed by atoms with Crippen LogP contribution in [0.15, 0.2) is 35.1 Å². The highest BCUT2D eigenvalue weighted by atomic mass is 19.4. The fraction of sp³-hybridized carbons (Fsp3) is 0.176. The van der Waals surface area contributed by atoms with Crippen molar-refractivity contribution in [1.82, 2.24) is 20.1 Å². The number of hydrogen-bond donors (Lipinski definition) is 2. The molecule has 0 spiro atoms. The van der Waals surface area contributed by atoms with E-state index in [1.165, 1.54) is 30.6 Å². The lowest BCUT2D eigenvalue weighted by atomic mass is 10.2. The molecule has 10 nitrogen and oxygen atoms in total. The maximum absolute atomic E-state index is 12.6. The smallest absolute Gasteiger partial charge is 0.444 e.